The average Bonchev–Trinajstić information content (AvgIpc) is 2.86. The highest BCUT2D eigenvalue weighted by Gasteiger charge is 2.52. The lowest BCUT2D eigenvalue weighted by molar-refractivity contribution is -0.0218. The van der Waals surface area contributed by atoms with Gasteiger partial charge in [0.25, 0.3) is 0 Å². The van der Waals surface area contributed by atoms with Crippen LogP contribution in [-0.2, 0) is 5.60 Å². The molecular weight excluding hydrogens is 229 g/mol. The average molecular weight is 242 g/mol. The Morgan fingerprint density at radius 3 is 2.47 bits per heavy atom. The molecule has 0 radical (unpaired) electrons. The van der Waals surface area contributed by atoms with Crippen molar-refractivity contribution in [2.75, 3.05) is 0 Å². The molecule has 1 nitrogen and oxygen atoms in total. The van der Waals surface area contributed by atoms with Gasteiger partial charge < -0.3 is 5.11 Å². The van der Waals surface area contributed by atoms with Crippen LogP contribution in [0.25, 0.3) is 0 Å². The first-order valence-corrected chi connectivity index (χ1v) is 5.88. The summed E-state index contributed by atoms with van der Waals surface area (Å²) in [5, 5.41) is 10.5. The van der Waals surface area contributed by atoms with Crippen molar-refractivity contribution < 1.29 is 18.3 Å². The van der Waals surface area contributed by atoms with E-state index in [1.54, 1.807) is 0 Å². The fraction of sp³-hybridized carbons (Fsp3) is 0.538. The molecule has 3 atom stereocenters. The summed E-state index contributed by atoms with van der Waals surface area (Å²) >= 11 is 0. The molecule has 2 fully saturated rings. The van der Waals surface area contributed by atoms with Crippen LogP contribution in [0, 0.1) is 29.3 Å². The van der Waals surface area contributed by atoms with Gasteiger partial charge >= 0.3 is 0 Å². The fourth-order valence-corrected chi connectivity index (χ4v) is 3.49. The molecule has 0 spiro atoms. The van der Waals surface area contributed by atoms with Gasteiger partial charge in [-0.05, 0) is 43.6 Å². The molecule has 3 rings (SSSR count). The topological polar surface area (TPSA) is 20.2 Å². The number of aliphatic hydroxyl groups is 1. The molecule has 2 aliphatic rings. The summed E-state index contributed by atoms with van der Waals surface area (Å²) < 4.78 is 39.8. The van der Waals surface area contributed by atoms with Crippen LogP contribution in [0.2, 0.25) is 0 Å². The Labute approximate surface area is 97.3 Å². The van der Waals surface area contributed by atoms with Crippen LogP contribution in [0.5, 0.6) is 0 Å². The normalized spacial score (nSPS) is 35.5. The van der Waals surface area contributed by atoms with Crippen molar-refractivity contribution >= 4 is 0 Å². The molecule has 2 aliphatic carbocycles. The van der Waals surface area contributed by atoms with Gasteiger partial charge in [0.1, 0.15) is 0 Å². The Kier molecular flexibility index (Phi) is 2.27. The Morgan fingerprint density at radius 1 is 1.12 bits per heavy atom. The van der Waals surface area contributed by atoms with Crippen LogP contribution in [0.4, 0.5) is 13.2 Å². The van der Waals surface area contributed by atoms with Crippen LogP contribution < -0.4 is 0 Å². The minimum absolute atomic E-state index is 0.0214. The van der Waals surface area contributed by atoms with Crippen molar-refractivity contribution in [2.45, 2.75) is 31.3 Å². The summed E-state index contributed by atoms with van der Waals surface area (Å²) in [5.74, 6) is -3.57. The van der Waals surface area contributed by atoms with E-state index in [-0.39, 0.29) is 11.5 Å². The molecular formula is C13H13F3O. The van der Waals surface area contributed by atoms with Crippen LogP contribution >= 0.6 is 0 Å². The molecule has 0 saturated heterocycles. The lowest BCUT2D eigenvalue weighted by atomic mass is 9.78. The maximum absolute atomic E-state index is 13.7. The van der Waals surface area contributed by atoms with Gasteiger partial charge in [-0.2, -0.15) is 0 Å². The van der Waals surface area contributed by atoms with Crippen molar-refractivity contribution in [3.63, 3.8) is 0 Å². The molecule has 3 unspecified atom stereocenters. The monoisotopic (exact) mass is 242 g/mol. The Hall–Kier alpha value is -1.03. The highest BCUT2D eigenvalue weighted by Crippen LogP contribution is 2.55. The third-order valence-electron chi connectivity index (χ3n) is 4.32. The van der Waals surface area contributed by atoms with Gasteiger partial charge in [-0.15, -0.1) is 0 Å². The zero-order chi connectivity index (χ0) is 12.2. The van der Waals surface area contributed by atoms with Crippen LogP contribution in [0.3, 0.4) is 0 Å². The summed E-state index contributed by atoms with van der Waals surface area (Å²) in [6.45, 7) is 0. The van der Waals surface area contributed by atoms with E-state index in [2.05, 4.69) is 0 Å². The first-order chi connectivity index (χ1) is 8.02. The Balaban J connectivity index is 2.08. The molecule has 1 aromatic carbocycles. The summed E-state index contributed by atoms with van der Waals surface area (Å²) in [4.78, 5) is 0. The second-order valence-electron chi connectivity index (χ2n) is 5.23. The van der Waals surface area contributed by atoms with Gasteiger partial charge in [-0.25, -0.2) is 13.2 Å². The molecule has 17 heavy (non-hydrogen) atoms. The zero-order valence-corrected chi connectivity index (χ0v) is 9.22. The van der Waals surface area contributed by atoms with Crippen molar-refractivity contribution in [3.8, 4) is 0 Å². The minimum Gasteiger partial charge on any atom is -0.385 e. The predicted molar refractivity (Wildman–Crippen MR) is 55.7 cm³/mol. The predicted octanol–water partition coefficient (Wildman–Crippen LogP) is 3.11. The van der Waals surface area contributed by atoms with Gasteiger partial charge in [0.15, 0.2) is 17.5 Å². The van der Waals surface area contributed by atoms with Crippen LogP contribution in [-0.4, -0.2) is 5.11 Å². The summed E-state index contributed by atoms with van der Waals surface area (Å²) in [6.07, 6.45) is 3.19. The van der Waals surface area contributed by atoms with Gasteiger partial charge in [0.2, 0.25) is 0 Å². The number of hydrogen-bond donors (Lipinski definition) is 1. The first kappa shape index (κ1) is 11.1. The van der Waals surface area contributed by atoms with Crippen molar-refractivity contribution in [1.82, 2.24) is 0 Å². The van der Waals surface area contributed by atoms with E-state index in [4.69, 9.17) is 0 Å². The molecule has 0 aromatic heterocycles. The molecule has 4 heteroatoms. The summed E-state index contributed by atoms with van der Waals surface area (Å²) in [6, 6.07) is 2.06. The zero-order valence-electron chi connectivity index (χ0n) is 9.22. The van der Waals surface area contributed by atoms with Gasteiger partial charge in [0, 0.05) is 5.56 Å². The largest absolute Gasteiger partial charge is 0.385 e. The summed E-state index contributed by atoms with van der Waals surface area (Å²) in [5.41, 5.74) is -1.38. The number of rotatable bonds is 1. The fourth-order valence-electron chi connectivity index (χ4n) is 3.49. The van der Waals surface area contributed by atoms with E-state index in [1.807, 2.05) is 0 Å². The lowest BCUT2D eigenvalue weighted by Crippen LogP contribution is -2.33. The van der Waals surface area contributed by atoms with Gasteiger partial charge in [-0.3, -0.25) is 0 Å². The van der Waals surface area contributed by atoms with Gasteiger partial charge in [0.05, 0.1) is 5.60 Å². The van der Waals surface area contributed by atoms with E-state index in [1.165, 1.54) is 6.07 Å². The number of hydrogen-bond acceptors (Lipinski definition) is 1. The quantitative estimate of drug-likeness (QED) is 0.750. The van der Waals surface area contributed by atoms with E-state index in [0.29, 0.717) is 12.3 Å². The maximum Gasteiger partial charge on any atom is 0.194 e. The summed E-state index contributed by atoms with van der Waals surface area (Å²) in [7, 11) is 0. The second kappa shape index (κ2) is 3.48. The lowest BCUT2D eigenvalue weighted by Gasteiger charge is -2.33. The van der Waals surface area contributed by atoms with E-state index < -0.39 is 23.1 Å². The number of halogens is 3. The van der Waals surface area contributed by atoms with Crippen LogP contribution in [0.15, 0.2) is 12.1 Å². The molecule has 2 saturated carbocycles. The van der Waals surface area contributed by atoms with E-state index in [0.717, 1.165) is 25.3 Å². The molecule has 92 valence electrons. The maximum atomic E-state index is 13.7. The highest BCUT2D eigenvalue weighted by atomic mass is 19.2. The SMILES string of the molecule is OC1(c2ccc(F)c(F)c2F)CC2CCC1C2. The molecule has 0 amide bonds. The first-order valence-electron chi connectivity index (χ1n) is 5.88. The number of fused-ring (bicyclic) bond motifs is 2. The van der Waals surface area contributed by atoms with Crippen molar-refractivity contribution in [3.05, 3.63) is 35.1 Å². The molecule has 1 aromatic rings. The van der Waals surface area contributed by atoms with Crippen molar-refractivity contribution in [1.29, 1.82) is 0 Å². The molecule has 2 bridgehead atoms. The third-order valence-corrected chi connectivity index (χ3v) is 4.32. The minimum atomic E-state index is -1.49. The Morgan fingerprint density at radius 2 is 1.88 bits per heavy atom. The van der Waals surface area contributed by atoms with Gasteiger partial charge in [-0.1, -0.05) is 6.07 Å². The standard InChI is InChI=1S/C13H13F3O/c14-10-4-3-9(11(15)12(10)16)13(17)6-7-1-2-8(13)5-7/h3-4,7-8,17H,1-2,5-6H2. The molecule has 0 aliphatic heterocycles. The van der Waals surface area contributed by atoms with Crippen LogP contribution in [0.1, 0.15) is 31.2 Å². The van der Waals surface area contributed by atoms with Crippen molar-refractivity contribution in [2.24, 2.45) is 11.8 Å². The second-order valence-corrected chi connectivity index (χ2v) is 5.23. The Bertz CT molecular complexity index is 474. The van der Waals surface area contributed by atoms with E-state index in [9.17, 15) is 18.3 Å². The molecule has 1 N–H and O–H groups in total. The highest BCUT2D eigenvalue weighted by molar-refractivity contribution is 5.29. The smallest absolute Gasteiger partial charge is 0.194 e. The molecule has 0 heterocycles. The van der Waals surface area contributed by atoms with E-state index >= 15 is 0 Å². The number of benzene rings is 1. The third kappa shape index (κ3) is 1.43.